The van der Waals surface area contributed by atoms with E-state index < -0.39 is 0 Å². The highest BCUT2D eigenvalue weighted by atomic mass is 15.1. The number of hydrogen-bond donors (Lipinski definition) is 0. The molecule has 0 aliphatic rings. The Morgan fingerprint density at radius 1 is 0.800 bits per heavy atom. The Hall–Kier alpha value is -3.27. The van der Waals surface area contributed by atoms with Gasteiger partial charge in [0, 0.05) is 23.5 Å². The van der Waals surface area contributed by atoms with E-state index in [0.717, 1.165) is 33.9 Å². The van der Waals surface area contributed by atoms with Crippen LogP contribution in [0.4, 0.5) is 5.69 Å². The monoisotopic (exact) mass is 326 g/mol. The van der Waals surface area contributed by atoms with Crippen LogP contribution in [0.15, 0.2) is 78.0 Å². The van der Waals surface area contributed by atoms with Crippen molar-refractivity contribution in [3.8, 4) is 0 Å². The molecule has 0 N–H and O–H groups in total. The fourth-order valence-corrected chi connectivity index (χ4v) is 2.83. The van der Waals surface area contributed by atoms with E-state index in [-0.39, 0.29) is 0 Å². The lowest BCUT2D eigenvalue weighted by Crippen LogP contribution is -2.03. The molecule has 0 unspecified atom stereocenters. The third-order valence-electron chi connectivity index (χ3n) is 4.06. The first-order valence-electron chi connectivity index (χ1n) is 8.23. The van der Waals surface area contributed by atoms with Crippen molar-refractivity contribution in [3.05, 3.63) is 95.6 Å². The summed E-state index contributed by atoms with van der Waals surface area (Å²) in [7, 11) is 0. The van der Waals surface area contributed by atoms with E-state index in [9.17, 15) is 0 Å². The summed E-state index contributed by atoms with van der Waals surface area (Å²) in [6.07, 6.45) is 3.95. The lowest BCUT2D eigenvalue weighted by Gasteiger charge is -2.09. The minimum atomic E-state index is 0.704. The van der Waals surface area contributed by atoms with E-state index in [0.29, 0.717) is 5.78 Å². The molecule has 0 saturated carbocycles. The van der Waals surface area contributed by atoms with Crippen LogP contribution in [0.1, 0.15) is 22.5 Å². The number of rotatable bonds is 3. The second kappa shape index (κ2) is 6.32. The van der Waals surface area contributed by atoms with Gasteiger partial charge in [0.1, 0.15) is 5.69 Å². The summed E-state index contributed by atoms with van der Waals surface area (Å²) >= 11 is 0. The molecule has 4 aromatic rings. The van der Waals surface area contributed by atoms with Crippen LogP contribution in [0, 0.1) is 13.8 Å². The molecule has 2 heterocycles. The molecule has 0 aliphatic heterocycles. The average molecular weight is 326 g/mol. The molecule has 0 radical (unpaired) electrons. The van der Waals surface area contributed by atoms with E-state index in [1.807, 2.05) is 67.0 Å². The quantitative estimate of drug-likeness (QED) is 0.520. The van der Waals surface area contributed by atoms with Crippen LogP contribution in [0.3, 0.4) is 0 Å². The molecule has 25 heavy (non-hydrogen) atoms. The molecular weight excluding hydrogens is 308 g/mol. The van der Waals surface area contributed by atoms with Crippen LogP contribution in [0.25, 0.3) is 5.78 Å². The number of fused-ring (bicyclic) bond motifs is 1. The van der Waals surface area contributed by atoms with Crippen molar-refractivity contribution in [2.75, 3.05) is 0 Å². The van der Waals surface area contributed by atoms with E-state index >= 15 is 0 Å². The summed E-state index contributed by atoms with van der Waals surface area (Å²) in [5.74, 6) is 0.704. The van der Waals surface area contributed by atoms with Crippen molar-refractivity contribution in [2.24, 2.45) is 4.99 Å². The largest absolute Gasteiger partial charge is 0.289 e. The zero-order chi connectivity index (χ0) is 17.2. The van der Waals surface area contributed by atoms with Gasteiger partial charge in [-0.05, 0) is 13.8 Å². The van der Waals surface area contributed by atoms with Crippen molar-refractivity contribution >= 4 is 17.2 Å². The Balaban J connectivity index is 1.91. The SMILES string of the molecule is Cc1cn2cc(N=C(c3ccccc3)c3ccccc3)c(C)nc2n1. The minimum Gasteiger partial charge on any atom is -0.289 e. The van der Waals surface area contributed by atoms with Crippen molar-refractivity contribution in [1.29, 1.82) is 0 Å². The molecule has 122 valence electrons. The van der Waals surface area contributed by atoms with Crippen LogP contribution < -0.4 is 0 Å². The van der Waals surface area contributed by atoms with Crippen LogP contribution in [-0.2, 0) is 0 Å². The Labute approximate surface area is 146 Å². The molecule has 2 aromatic carbocycles. The summed E-state index contributed by atoms with van der Waals surface area (Å²) in [4.78, 5) is 14.0. The Morgan fingerprint density at radius 2 is 1.40 bits per heavy atom. The third kappa shape index (κ3) is 3.06. The Kier molecular flexibility index (Phi) is 3.86. The van der Waals surface area contributed by atoms with Gasteiger partial charge in [0.15, 0.2) is 0 Å². The highest BCUT2D eigenvalue weighted by Crippen LogP contribution is 2.21. The van der Waals surface area contributed by atoms with Gasteiger partial charge in [-0.3, -0.25) is 4.40 Å². The van der Waals surface area contributed by atoms with Gasteiger partial charge in [0.05, 0.1) is 17.1 Å². The van der Waals surface area contributed by atoms with Gasteiger partial charge >= 0.3 is 0 Å². The van der Waals surface area contributed by atoms with Gasteiger partial charge in [-0.15, -0.1) is 0 Å². The molecule has 4 rings (SSSR count). The van der Waals surface area contributed by atoms with Crippen molar-refractivity contribution in [3.63, 3.8) is 0 Å². The molecule has 0 amide bonds. The van der Waals surface area contributed by atoms with Crippen molar-refractivity contribution < 1.29 is 0 Å². The molecule has 0 atom stereocenters. The Morgan fingerprint density at radius 3 is 2.00 bits per heavy atom. The van der Waals surface area contributed by atoms with Crippen LogP contribution in [0.2, 0.25) is 0 Å². The lowest BCUT2D eigenvalue weighted by atomic mass is 10.0. The first-order chi connectivity index (χ1) is 12.2. The third-order valence-corrected chi connectivity index (χ3v) is 4.06. The summed E-state index contributed by atoms with van der Waals surface area (Å²) in [6, 6.07) is 20.5. The Bertz CT molecular complexity index is 1010. The van der Waals surface area contributed by atoms with E-state index in [4.69, 9.17) is 4.99 Å². The molecule has 0 fully saturated rings. The summed E-state index contributed by atoms with van der Waals surface area (Å²) in [5, 5.41) is 0. The van der Waals surface area contributed by atoms with Crippen molar-refractivity contribution in [1.82, 2.24) is 14.4 Å². The maximum absolute atomic E-state index is 4.96. The van der Waals surface area contributed by atoms with E-state index in [1.165, 1.54) is 0 Å². The smallest absolute Gasteiger partial charge is 0.234 e. The minimum absolute atomic E-state index is 0.704. The molecule has 2 aromatic heterocycles. The van der Waals surface area contributed by atoms with Crippen LogP contribution in [0.5, 0.6) is 0 Å². The van der Waals surface area contributed by atoms with Gasteiger partial charge in [0.2, 0.25) is 5.78 Å². The zero-order valence-electron chi connectivity index (χ0n) is 14.2. The van der Waals surface area contributed by atoms with E-state index in [1.54, 1.807) is 0 Å². The van der Waals surface area contributed by atoms with Gasteiger partial charge < -0.3 is 0 Å². The highest BCUT2D eigenvalue weighted by molar-refractivity contribution is 6.13. The first kappa shape index (κ1) is 15.3. The molecule has 0 bridgehead atoms. The number of aryl methyl sites for hydroxylation is 2. The fraction of sp³-hybridized carbons (Fsp3) is 0.0952. The standard InChI is InChI=1S/C21H18N4/c1-15-13-25-14-19(16(2)23-21(25)22-15)24-20(17-9-5-3-6-10-17)18-11-7-4-8-12-18/h3-14H,1-2H3. The molecule has 0 spiro atoms. The number of benzene rings is 2. The average Bonchev–Trinajstić information content (AvgIpc) is 3.00. The zero-order valence-corrected chi connectivity index (χ0v) is 14.2. The lowest BCUT2D eigenvalue weighted by molar-refractivity contribution is 1.06. The summed E-state index contributed by atoms with van der Waals surface area (Å²) in [6.45, 7) is 3.93. The van der Waals surface area contributed by atoms with Crippen LogP contribution in [-0.4, -0.2) is 20.1 Å². The molecule has 0 saturated heterocycles. The molecule has 0 aliphatic carbocycles. The summed E-state index contributed by atoms with van der Waals surface area (Å²) < 4.78 is 1.93. The normalized spacial score (nSPS) is 10.8. The van der Waals surface area contributed by atoms with E-state index in [2.05, 4.69) is 34.2 Å². The predicted octanol–water partition coefficient (Wildman–Crippen LogP) is 4.52. The fourth-order valence-electron chi connectivity index (χ4n) is 2.83. The van der Waals surface area contributed by atoms with Gasteiger partial charge in [-0.2, -0.15) is 0 Å². The van der Waals surface area contributed by atoms with Crippen LogP contribution >= 0.6 is 0 Å². The second-order valence-electron chi connectivity index (χ2n) is 5.99. The number of aliphatic imine (C=N–C) groups is 1. The molecule has 4 nitrogen and oxygen atoms in total. The molecular formula is C21H18N4. The van der Waals surface area contributed by atoms with Gasteiger partial charge in [-0.1, -0.05) is 60.7 Å². The maximum atomic E-state index is 4.96. The second-order valence-corrected chi connectivity index (χ2v) is 5.99. The number of nitrogens with zero attached hydrogens (tertiary/aromatic N) is 4. The van der Waals surface area contributed by atoms with Gasteiger partial charge in [-0.25, -0.2) is 15.0 Å². The number of aromatic nitrogens is 3. The van der Waals surface area contributed by atoms with Crippen molar-refractivity contribution in [2.45, 2.75) is 13.8 Å². The number of imidazole rings is 1. The number of hydrogen-bond acceptors (Lipinski definition) is 3. The molecule has 4 heteroatoms. The van der Waals surface area contributed by atoms with Gasteiger partial charge in [0.25, 0.3) is 0 Å². The highest BCUT2D eigenvalue weighted by Gasteiger charge is 2.10. The predicted molar refractivity (Wildman–Crippen MR) is 101 cm³/mol. The maximum Gasteiger partial charge on any atom is 0.234 e. The first-order valence-corrected chi connectivity index (χ1v) is 8.23. The topological polar surface area (TPSA) is 42.5 Å². The summed E-state index contributed by atoms with van der Waals surface area (Å²) in [5.41, 5.74) is 5.74.